The largest absolute Gasteiger partial charge is 0.472 e. The number of hydrogen-bond donors (Lipinski definition) is 3. The van der Waals surface area contributed by atoms with Crippen LogP contribution in [0.2, 0.25) is 0 Å². The fourth-order valence-electron chi connectivity index (χ4n) is 7.66. The summed E-state index contributed by atoms with van der Waals surface area (Å²) in [4.78, 5) is 23.2. The molecule has 0 aliphatic rings. The Kier molecular flexibility index (Phi) is 50.5. The van der Waals surface area contributed by atoms with Gasteiger partial charge in [0.15, 0.2) is 0 Å². The summed E-state index contributed by atoms with van der Waals surface area (Å²) >= 11 is 0. The molecule has 0 aliphatic heterocycles. The van der Waals surface area contributed by atoms with Gasteiger partial charge in [-0.2, -0.15) is 0 Å². The van der Waals surface area contributed by atoms with Gasteiger partial charge in [0.25, 0.3) is 0 Å². The molecule has 3 atom stereocenters. The van der Waals surface area contributed by atoms with Crippen LogP contribution in [0.15, 0.2) is 122 Å². The molecule has 0 heterocycles. The predicted octanol–water partition coefficient (Wildman–Crippen LogP) is 17.8. The van der Waals surface area contributed by atoms with Crippen LogP contribution in [-0.2, 0) is 18.4 Å². The second kappa shape index (κ2) is 52.8. The molecule has 0 radical (unpaired) electrons. The van der Waals surface area contributed by atoms with Crippen molar-refractivity contribution >= 4 is 13.7 Å². The Balaban J connectivity index is 3.92. The molecule has 1 amide bonds. The lowest BCUT2D eigenvalue weighted by Gasteiger charge is -2.25. The zero-order chi connectivity index (χ0) is 52.7. The zero-order valence-electron chi connectivity index (χ0n) is 46.9. The summed E-state index contributed by atoms with van der Waals surface area (Å²) in [6.45, 7) is 4.61. The highest BCUT2D eigenvalue weighted by Crippen LogP contribution is 2.43. The molecule has 0 rings (SSSR count). The number of quaternary nitrogens is 1. The van der Waals surface area contributed by atoms with Crippen molar-refractivity contribution in [3.05, 3.63) is 122 Å². The molecule has 412 valence electrons. The van der Waals surface area contributed by atoms with Crippen LogP contribution in [0.3, 0.4) is 0 Å². The van der Waals surface area contributed by atoms with E-state index in [-0.39, 0.29) is 19.1 Å². The van der Waals surface area contributed by atoms with Crippen LogP contribution in [0.5, 0.6) is 0 Å². The highest BCUT2D eigenvalue weighted by Gasteiger charge is 2.27. The Labute approximate surface area is 444 Å². The lowest BCUT2D eigenvalue weighted by molar-refractivity contribution is -0.870. The van der Waals surface area contributed by atoms with Gasteiger partial charge in [0.1, 0.15) is 13.2 Å². The minimum Gasteiger partial charge on any atom is -0.387 e. The van der Waals surface area contributed by atoms with Crippen molar-refractivity contribution in [3.63, 3.8) is 0 Å². The smallest absolute Gasteiger partial charge is 0.387 e. The summed E-state index contributed by atoms with van der Waals surface area (Å²) in [5.74, 6) is -0.194. The number of aliphatic hydroxyl groups excluding tert-OH is 1. The van der Waals surface area contributed by atoms with Gasteiger partial charge in [-0.1, -0.05) is 238 Å². The summed E-state index contributed by atoms with van der Waals surface area (Å²) < 4.78 is 23.5. The Hall–Kier alpha value is -3.10. The minimum absolute atomic E-state index is 0.0519. The molecule has 3 N–H and O–H groups in total. The van der Waals surface area contributed by atoms with E-state index >= 15 is 0 Å². The van der Waals surface area contributed by atoms with E-state index in [4.69, 9.17) is 9.05 Å². The van der Waals surface area contributed by atoms with Gasteiger partial charge in [-0.05, 0) is 96.3 Å². The van der Waals surface area contributed by atoms with Gasteiger partial charge in [-0.25, -0.2) is 4.57 Å². The minimum atomic E-state index is -4.35. The van der Waals surface area contributed by atoms with Crippen LogP contribution in [0, 0.1) is 0 Å². The van der Waals surface area contributed by atoms with E-state index in [1.807, 2.05) is 27.2 Å². The standard InChI is InChI=1S/C63H109N2O6P/c1-6-8-10-12-14-16-17-18-19-20-21-22-23-24-25-26-27-28-29-30-31-32-33-34-35-36-37-38-39-40-41-42-43-44-45-46-47-49-51-53-55-57-63(67)64-61(60-71-72(68,69)70-59-58-65(3,4)5)62(66)56-54-52-50-48-15-13-11-9-7-2/h8,10,14-16,18-19,21-22,24-25,27-28,30-31,33-34,48,54,56,61-62,66H,6-7,9,11-13,17,20,23,26,29,32,35-47,49-53,55,57-60H2,1-5H3,(H-,64,67,68,69)/p+1/b10-8-,16-14-,19-18-,22-21-,25-24-,28-27-,31-30-,34-33-,48-15+,56-54+. The van der Waals surface area contributed by atoms with E-state index in [0.29, 0.717) is 17.4 Å². The first-order chi connectivity index (χ1) is 35.0. The SMILES string of the molecule is CC/C=C\C/C=C\C/C=C\C/C=C\C/C=C\C/C=C\C/C=C\C/C=C\CCCCCCCCCCCCCCCCCCC(=O)NC(COP(=O)(O)OCC[N+](C)(C)C)C(O)/C=C/CC/C=C/CCCCC. The number of unbranched alkanes of at least 4 members (excludes halogenated alkanes) is 20. The van der Waals surface area contributed by atoms with Gasteiger partial charge in [0.05, 0.1) is 39.9 Å². The molecular formula is C63H110N2O6P+. The first kappa shape index (κ1) is 68.9. The van der Waals surface area contributed by atoms with Crippen LogP contribution in [0.25, 0.3) is 0 Å². The Morgan fingerprint density at radius 3 is 1.28 bits per heavy atom. The molecule has 9 heteroatoms. The molecule has 0 fully saturated rings. The van der Waals surface area contributed by atoms with Gasteiger partial charge in [-0.15, -0.1) is 0 Å². The summed E-state index contributed by atoms with van der Waals surface area (Å²) in [6.07, 6.45) is 79.1. The van der Waals surface area contributed by atoms with Gasteiger partial charge >= 0.3 is 7.82 Å². The average Bonchev–Trinajstić information content (AvgIpc) is 3.34. The maximum absolute atomic E-state index is 12.9. The molecule has 8 nitrogen and oxygen atoms in total. The summed E-state index contributed by atoms with van der Waals surface area (Å²) in [6, 6.07) is -0.866. The quantitative estimate of drug-likeness (QED) is 0.0243. The number of nitrogens with one attached hydrogen (secondary N) is 1. The van der Waals surface area contributed by atoms with Crippen LogP contribution in [0.4, 0.5) is 0 Å². The van der Waals surface area contributed by atoms with Gasteiger partial charge in [0, 0.05) is 6.42 Å². The van der Waals surface area contributed by atoms with E-state index in [2.05, 4.69) is 129 Å². The third kappa shape index (κ3) is 54.7. The molecule has 0 aromatic carbocycles. The van der Waals surface area contributed by atoms with Crippen molar-refractivity contribution in [2.24, 2.45) is 0 Å². The van der Waals surface area contributed by atoms with Crippen molar-refractivity contribution < 1.29 is 32.9 Å². The maximum atomic E-state index is 12.9. The van der Waals surface area contributed by atoms with E-state index in [9.17, 15) is 19.4 Å². The number of hydrogen-bond acceptors (Lipinski definition) is 5. The van der Waals surface area contributed by atoms with E-state index < -0.39 is 20.0 Å². The topological polar surface area (TPSA) is 105 Å². The fraction of sp³-hybridized carbons (Fsp3) is 0.667. The van der Waals surface area contributed by atoms with Gasteiger partial charge in [0.2, 0.25) is 5.91 Å². The fourth-order valence-corrected chi connectivity index (χ4v) is 8.40. The summed E-state index contributed by atoms with van der Waals surface area (Å²) in [5.41, 5.74) is 0. The molecule has 0 aliphatic carbocycles. The number of aliphatic hydroxyl groups is 1. The number of likely N-dealkylation sites (N-methyl/N-ethyl adjacent to an activating group) is 1. The molecule has 0 aromatic heterocycles. The number of allylic oxidation sites excluding steroid dienone is 19. The number of phosphoric ester groups is 1. The molecular weight excluding hydrogens is 912 g/mol. The molecule has 0 saturated heterocycles. The van der Waals surface area contributed by atoms with Crippen LogP contribution in [-0.4, -0.2) is 73.4 Å². The number of phosphoric acid groups is 1. The van der Waals surface area contributed by atoms with Gasteiger partial charge in [-0.3, -0.25) is 13.8 Å². The Bertz CT molecular complexity index is 1580. The molecule has 0 saturated carbocycles. The second-order valence-corrected chi connectivity index (χ2v) is 21.7. The summed E-state index contributed by atoms with van der Waals surface area (Å²) in [7, 11) is 1.54. The number of carbonyl (C=O) groups is 1. The first-order valence-corrected chi connectivity index (χ1v) is 30.4. The summed E-state index contributed by atoms with van der Waals surface area (Å²) in [5, 5.41) is 13.8. The highest BCUT2D eigenvalue weighted by molar-refractivity contribution is 7.47. The van der Waals surface area contributed by atoms with E-state index in [1.54, 1.807) is 6.08 Å². The van der Waals surface area contributed by atoms with Crippen molar-refractivity contribution in [2.45, 2.75) is 231 Å². The maximum Gasteiger partial charge on any atom is 0.472 e. The molecule has 0 spiro atoms. The van der Waals surface area contributed by atoms with Gasteiger partial charge < -0.3 is 19.8 Å². The van der Waals surface area contributed by atoms with E-state index in [1.165, 1.54) is 109 Å². The third-order valence-electron chi connectivity index (χ3n) is 12.2. The van der Waals surface area contributed by atoms with Crippen molar-refractivity contribution in [2.75, 3.05) is 40.9 Å². The first-order valence-electron chi connectivity index (χ1n) is 28.9. The van der Waals surface area contributed by atoms with Crippen LogP contribution >= 0.6 is 7.82 Å². The van der Waals surface area contributed by atoms with Crippen LogP contribution < -0.4 is 5.32 Å². The monoisotopic (exact) mass is 1020 g/mol. The lowest BCUT2D eigenvalue weighted by atomic mass is 10.0. The molecule has 0 aromatic rings. The van der Waals surface area contributed by atoms with Crippen LogP contribution in [0.1, 0.15) is 219 Å². The Morgan fingerprint density at radius 1 is 0.486 bits per heavy atom. The van der Waals surface area contributed by atoms with Crippen molar-refractivity contribution in [3.8, 4) is 0 Å². The number of carbonyl (C=O) groups excluding carboxylic acids is 1. The average molecular weight is 1020 g/mol. The number of nitrogens with zero attached hydrogens (tertiary/aromatic N) is 1. The van der Waals surface area contributed by atoms with E-state index in [0.717, 1.165) is 89.9 Å². The lowest BCUT2D eigenvalue weighted by Crippen LogP contribution is -2.45. The third-order valence-corrected chi connectivity index (χ3v) is 13.1. The number of amides is 1. The molecule has 3 unspecified atom stereocenters. The van der Waals surface area contributed by atoms with Crippen molar-refractivity contribution in [1.82, 2.24) is 5.32 Å². The Morgan fingerprint density at radius 2 is 0.847 bits per heavy atom. The second-order valence-electron chi connectivity index (χ2n) is 20.3. The molecule has 72 heavy (non-hydrogen) atoms. The predicted molar refractivity (Wildman–Crippen MR) is 313 cm³/mol. The number of rotatable bonds is 51. The highest BCUT2D eigenvalue weighted by atomic mass is 31.2. The van der Waals surface area contributed by atoms with Crippen molar-refractivity contribution in [1.29, 1.82) is 0 Å². The zero-order valence-corrected chi connectivity index (χ0v) is 47.8. The molecule has 0 bridgehead atoms. The normalized spacial score (nSPS) is 14.8.